The first-order valence-electron chi connectivity index (χ1n) is 18.9. The second-order valence-corrected chi connectivity index (χ2v) is 19.7. The molecule has 0 spiro atoms. The summed E-state index contributed by atoms with van der Waals surface area (Å²) < 4.78 is 64.5. The molecule has 12 unspecified atom stereocenters. The summed E-state index contributed by atoms with van der Waals surface area (Å²) in [6.45, 7) is 6.02. The van der Waals surface area contributed by atoms with Gasteiger partial charge in [-0.2, -0.15) is 0 Å². The lowest BCUT2D eigenvalue weighted by Gasteiger charge is -2.50. The minimum Gasteiger partial charge on any atom is -0.375 e. The molecule has 6 fully saturated rings. The zero-order chi connectivity index (χ0) is 36.5. The summed E-state index contributed by atoms with van der Waals surface area (Å²) in [7, 11) is -2.20. The minimum atomic E-state index is -3.91. The average Bonchev–Trinajstić information content (AvgIpc) is 3.81. The van der Waals surface area contributed by atoms with Gasteiger partial charge >= 0.3 is 0 Å². The Bertz CT molecular complexity index is 1330. The lowest BCUT2D eigenvalue weighted by Crippen LogP contribution is -2.75. The van der Waals surface area contributed by atoms with Crippen LogP contribution >= 0.6 is 11.8 Å². The molecule has 6 aliphatic rings. The van der Waals surface area contributed by atoms with Gasteiger partial charge in [0.2, 0.25) is 11.9 Å². The number of amides is 1. The van der Waals surface area contributed by atoms with E-state index in [0.717, 1.165) is 38.8 Å². The van der Waals surface area contributed by atoms with Crippen LogP contribution in [0.5, 0.6) is 0 Å². The Hall–Kier alpha value is -1.25. The van der Waals surface area contributed by atoms with Crippen molar-refractivity contribution in [2.24, 2.45) is 11.8 Å². The Morgan fingerprint density at radius 2 is 1.82 bits per heavy atom. The quantitative estimate of drug-likeness (QED) is 0.119. The Labute approximate surface area is 304 Å². The first-order valence-corrected chi connectivity index (χ1v) is 21.4. The number of hydrogen-bond donors (Lipinski definition) is 6. The molecule has 0 radical (unpaired) electrons. The van der Waals surface area contributed by atoms with Gasteiger partial charge in [-0.25, -0.2) is 22.6 Å². The van der Waals surface area contributed by atoms with Gasteiger partial charge in [0.1, 0.15) is 17.8 Å². The van der Waals surface area contributed by atoms with Crippen LogP contribution in [0, 0.1) is 22.0 Å². The molecule has 51 heavy (non-hydrogen) atoms. The monoisotopic (exact) mass is 764 g/mol. The van der Waals surface area contributed by atoms with Crippen LogP contribution in [-0.4, -0.2) is 121 Å². The number of nitrogens with one attached hydrogen (secondary N) is 6. The molecule has 14 nitrogen and oxygen atoms in total. The van der Waals surface area contributed by atoms with Gasteiger partial charge in [0.25, 0.3) is 0 Å². The summed E-state index contributed by atoms with van der Waals surface area (Å²) in [6.07, 6.45) is 1.84. The van der Waals surface area contributed by atoms with E-state index in [1.165, 1.54) is 18.7 Å². The highest BCUT2D eigenvalue weighted by molar-refractivity contribution is 8.00. The first kappa shape index (κ1) is 39.4. The maximum absolute atomic E-state index is 16.1. The molecule has 3 aliphatic heterocycles. The molecular weight excluding hydrogens is 707 g/mol. The van der Waals surface area contributed by atoms with E-state index in [4.69, 9.17) is 4.74 Å². The van der Waals surface area contributed by atoms with Crippen LogP contribution in [0.15, 0.2) is 0 Å². The van der Waals surface area contributed by atoms with Crippen LogP contribution in [-0.2, 0) is 19.4 Å². The van der Waals surface area contributed by atoms with Crippen molar-refractivity contribution in [3.05, 3.63) is 10.1 Å². The van der Waals surface area contributed by atoms with E-state index in [9.17, 15) is 23.3 Å². The first-order chi connectivity index (χ1) is 24.3. The van der Waals surface area contributed by atoms with Crippen LogP contribution < -0.4 is 32.1 Å². The lowest BCUT2D eigenvalue weighted by molar-refractivity contribution is -0.536. The maximum atomic E-state index is 16.1. The Balaban J connectivity index is 1.10. The zero-order valence-electron chi connectivity index (χ0n) is 30.0. The van der Waals surface area contributed by atoms with Gasteiger partial charge < -0.3 is 10.1 Å². The number of methoxy groups -OCH3 is 1. The number of sulfone groups is 1. The highest BCUT2D eigenvalue weighted by atomic mass is 32.2. The normalized spacial score (nSPS) is 40.9. The van der Waals surface area contributed by atoms with Crippen LogP contribution in [0.4, 0.5) is 8.78 Å². The molecule has 18 heteroatoms. The fourth-order valence-electron chi connectivity index (χ4n) is 9.44. The molecule has 3 saturated carbocycles. The Kier molecular flexibility index (Phi) is 12.9. The van der Waals surface area contributed by atoms with Crippen molar-refractivity contribution in [3.63, 3.8) is 0 Å². The van der Waals surface area contributed by atoms with E-state index in [-0.39, 0.29) is 55.3 Å². The molecule has 3 heterocycles. The number of alkyl halides is 2. The minimum absolute atomic E-state index is 0.00269. The van der Waals surface area contributed by atoms with Crippen molar-refractivity contribution < 1.29 is 31.7 Å². The molecule has 3 saturated heterocycles. The largest absolute Gasteiger partial charge is 0.375 e. The third-order valence-electron chi connectivity index (χ3n) is 12.4. The number of likely N-dealkylation sites (tertiary alicyclic amines) is 1. The van der Waals surface area contributed by atoms with Gasteiger partial charge in [0.15, 0.2) is 16.0 Å². The highest BCUT2D eigenvalue weighted by Crippen LogP contribution is 2.57. The van der Waals surface area contributed by atoms with Gasteiger partial charge in [-0.1, -0.05) is 0 Å². The SMILES string of the molecule is COC1C(NC2CC(C)NN2)NC(SC2CCC(S(=O)(=O)C3(C4CCCC([N+](=O)[O-])C4F)CC3)CC2F)NC1N1CCC(CCNC(C)=O)CC1. The number of carbonyl (C=O) groups excluding carboxylic acids is 1. The topological polar surface area (TPSA) is 179 Å². The van der Waals surface area contributed by atoms with Gasteiger partial charge in [-0.3, -0.25) is 41.2 Å². The summed E-state index contributed by atoms with van der Waals surface area (Å²) in [6, 6.07) is -1.09. The number of ether oxygens (including phenoxy) is 1. The van der Waals surface area contributed by atoms with E-state index in [2.05, 4.69) is 43.9 Å². The van der Waals surface area contributed by atoms with Crippen LogP contribution in [0.3, 0.4) is 0 Å². The molecule has 6 rings (SSSR count). The third kappa shape index (κ3) is 8.69. The fourth-order valence-corrected chi connectivity index (χ4v) is 13.7. The second kappa shape index (κ2) is 16.6. The third-order valence-corrected chi connectivity index (χ3v) is 17.0. The van der Waals surface area contributed by atoms with Crippen molar-refractivity contribution >= 4 is 27.5 Å². The predicted octanol–water partition coefficient (Wildman–Crippen LogP) is 1.89. The van der Waals surface area contributed by atoms with E-state index in [1.54, 1.807) is 7.11 Å². The van der Waals surface area contributed by atoms with Crippen molar-refractivity contribution in [2.45, 2.75) is 161 Å². The molecule has 12 atom stereocenters. The summed E-state index contributed by atoms with van der Waals surface area (Å²) in [5.74, 6) is -0.406. The number of nitro groups is 1. The van der Waals surface area contributed by atoms with E-state index < -0.39 is 54.3 Å². The molecule has 3 aliphatic carbocycles. The number of thioether (sulfide) groups is 1. The number of halogens is 2. The van der Waals surface area contributed by atoms with E-state index in [1.807, 2.05) is 0 Å². The molecule has 0 aromatic heterocycles. The van der Waals surface area contributed by atoms with Gasteiger partial charge in [-0.15, -0.1) is 11.8 Å². The van der Waals surface area contributed by atoms with Gasteiger partial charge in [0.05, 0.1) is 28.5 Å². The van der Waals surface area contributed by atoms with Crippen molar-refractivity contribution in [1.29, 1.82) is 0 Å². The summed E-state index contributed by atoms with van der Waals surface area (Å²) >= 11 is 1.45. The number of nitrogens with zero attached hydrogens (tertiary/aromatic N) is 2. The second-order valence-electron chi connectivity index (χ2n) is 15.8. The van der Waals surface area contributed by atoms with Gasteiger partial charge in [-0.05, 0) is 96.6 Å². The Morgan fingerprint density at radius 1 is 1.08 bits per heavy atom. The molecule has 1 amide bonds. The van der Waals surface area contributed by atoms with Gasteiger partial charge in [0, 0.05) is 49.1 Å². The highest BCUT2D eigenvalue weighted by Gasteiger charge is 2.66. The predicted molar refractivity (Wildman–Crippen MR) is 191 cm³/mol. The number of hydrogen-bond acceptors (Lipinski definition) is 13. The summed E-state index contributed by atoms with van der Waals surface area (Å²) in [5, 5.41) is 24.0. The molecule has 0 bridgehead atoms. The number of rotatable bonds is 13. The van der Waals surface area contributed by atoms with Crippen molar-refractivity contribution in [2.75, 3.05) is 26.7 Å². The zero-order valence-corrected chi connectivity index (χ0v) is 31.7. The van der Waals surface area contributed by atoms with Crippen LogP contribution in [0.25, 0.3) is 0 Å². The molecule has 6 N–H and O–H groups in total. The average molecular weight is 765 g/mol. The molecular formula is C33H58F2N8O6S2. The molecule has 0 aromatic carbocycles. The molecule has 0 aromatic rings. The lowest BCUT2D eigenvalue weighted by atomic mass is 9.81. The number of piperidine rings is 1. The standard InChI is InChI=1S/C33H58F2N8O6S2/c1-19-17-27(41-40-19)37-30-29(49-3)31(42-15-10-21(11-16-42)9-14-36-20(2)44)39-32(38-30)50-26-8-7-22(18-24(26)34)51(47,48)33(12-13-33)23-5-4-6-25(28(23)35)43(45)46/h19,21-32,37-41H,4-18H2,1-3H3,(H,36,44). The Morgan fingerprint density at radius 3 is 2.43 bits per heavy atom. The van der Waals surface area contributed by atoms with Crippen molar-refractivity contribution in [3.8, 4) is 0 Å². The summed E-state index contributed by atoms with van der Waals surface area (Å²) in [4.78, 5) is 24.6. The van der Waals surface area contributed by atoms with E-state index in [0.29, 0.717) is 50.6 Å². The number of carbonyl (C=O) groups is 1. The van der Waals surface area contributed by atoms with Crippen LogP contribution in [0.2, 0.25) is 0 Å². The maximum Gasteiger partial charge on any atom is 0.244 e. The number of hydrazine groups is 1. The summed E-state index contributed by atoms with van der Waals surface area (Å²) in [5.41, 5.74) is 6.21. The van der Waals surface area contributed by atoms with E-state index >= 15 is 8.78 Å². The fraction of sp³-hybridized carbons (Fsp3) is 0.970. The van der Waals surface area contributed by atoms with Crippen molar-refractivity contribution in [1.82, 2.24) is 37.0 Å². The molecule has 292 valence electrons. The smallest absolute Gasteiger partial charge is 0.244 e. The van der Waals surface area contributed by atoms with Crippen LogP contribution in [0.1, 0.15) is 90.9 Å².